The van der Waals surface area contributed by atoms with Gasteiger partial charge in [0.15, 0.2) is 0 Å². The van der Waals surface area contributed by atoms with Crippen LogP contribution in [0.1, 0.15) is 39.5 Å². The topological polar surface area (TPSA) is 61.4 Å². The summed E-state index contributed by atoms with van der Waals surface area (Å²) < 4.78 is 0. The predicted molar refractivity (Wildman–Crippen MR) is 59.5 cm³/mol. The molecule has 1 rings (SSSR count). The first kappa shape index (κ1) is 12.5. The molecule has 88 valence electrons. The Kier molecular flexibility index (Phi) is 5.05. The highest BCUT2D eigenvalue weighted by atomic mass is 16.3. The zero-order valence-corrected chi connectivity index (χ0v) is 9.62. The van der Waals surface area contributed by atoms with Gasteiger partial charge in [-0.2, -0.15) is 0 Å². The van der Waals surface area contributed by atoms with Crippen LogP contribution >= 0.6 is 0 Å². The fraction of sp³-hybridized carbons (Fsp3) is 0.909. The molecule has 0 heterocycles. The second-order valence-corrected chi connectivity index (χ2v) is 4.36. The molecule has 1 saturated carbocycles. The monoisotopic (exact) mass is 214 g/mol. The molecule has 0 aromatic rings. The maximum Gasteiger partial charge on any atom is 0.236 e. The van der Waals surface area contributed by atoms with E-state index in [4.69, 9.17) is 5.11 Å². The zero-order valence-electron chi connectivity index (χ0n) is 9.62. The molecule has 0 aromatic heterocycles. The molecule has 3 N–H and O–H groups in total. The van der Waals surface area contributed by atoms with E-state index < -0.39 is 0 Å². The van der Waals surface area contributed by atoms with Gasteiger partial charge in [-0.05, 0) is 26.2 Å². The third-order valence-corrected chi connectivity index (χ3v) is 2.82. The highest BCUT2D eigenvalue weighted by molar-refractivity contribution is 5.81. The SMILES string of the molecule is CCCCNC(=O)C(C)NC1CC(O)C1. The molecule has 0 aromatic carbocycles. The normalized spacial score (nSPS) is 26.9. The lowest BCUT2D eigenvalue weighted by molar-refractivity contribution is -0.123. The van der Waals surface area contributed by atoms with Crippen LogP contribution in [0.3, 0.4) is 0 Å². The molecule has 1 fully saturated rings. The third-order valence-electron chi connectivity index (χ3n) is 2.82. The van der Waals surface area contributed by atoms with Crippen LogP contribution in [0.15, 0.2) is 0 Å². The molecule has 1 amide bonds. The van der Waals surface area contributed by atoms with Gasteiger partial charge in [-0.15, -0.1) is 0 Å². The van der Waals surface area contributed by atoms with E-state index >= 15 is 0 Å². The minimum atomic E-state index is -0.169. The average Bonchev–Trinajstić information content (AvgIpc) is 2.15. The molecular weight excluding hydrogens is 192 g/mol. The van der Waals surface area contributed by atoms with E-state index in [1.54, 1.807) is 0 Å². The van der Waals surface area contributed by atoms with Crippen LogP contribution < -0.4 is 10.6 Å². The number of carbonyl (C=O) groups is 1. The molecule has 1 unspecified atom stereocenters. The fourth-order valence-electron chi connectivity index (χ4n) is 1.69. The molecule has 0 spiro atoms. The Hall–Kier alpha value is -0.610. The summed E-state index contributed by atoms with van der Waals surface area (Å²) in [5, 5.41) is 15.2. The number of unbranched alkanes of at least 4 members (excludes halogenated alkanes) is 1. The maximum atomic E-state index is 11.5. The Morgan fingerprint density at radius 2 is 2.20 bits per heavy atom. The molecule has 1 aliphatic rings. The molecular formula is C11H22N2O2. The van der Waals surface area contributed by atoms with Crippen molar-refractivity contribution in [3.8, 4) is 0 Å². The van der Waals surface area contributed by atoms with Crippen molar-refractivity contribution >= 4 is 5.91 Å². The van der Waals surface area contributed by atoms with Crippen molar-refractivity contribution in [1.29, 1.82) is 0 Å². The molecule has 15 heavy (non-hydrogen) atoms. The van der Waals surface area contributed by atoms with E-state index in [1.807, 2.05) is 6.92 Å². The third kappa shape index (κ3) is 4.18. The Balaban J connectivity index is 2.10. The molecule has 4 heteroatoms. The van der Waals surface area contributed by atoms with Gasteiger partial charge in [0.2, 0.25) is 5.91 Å². The fourth-order valence-corrected chi connectivity index (χ4v) is 1.69. The van der Waals surface area contributed by atoms with Gasteiger partial charge in [0, 0.05) is 12.6 Å². The number of carbonyl (C=O) groups excluding carboxylic acids is 1. The standard InChI is InChI=1S/C11H22N2O2/c1-3-4-5-12-11(15)8(2)13-9-6-10(14)7-9/h8-10,13-14H,3-7H2,1-2H3,(H,12,15). The van der Waals surface area contributed by atoms with E-state index in [9.17, 15) is 4.79 Å². The molecule has 1 atom stereocenters. The summed E-state index contributed by atoms with van der Waals surface area (Å²) in [4.78, 5) is 11.5. The van der Waals surface area contributed by atoms with Crippen LogP contribution in [0.25, 0.3) is 0 Å². The lowest BCUT2D eigenvalue weighted by Crippen LogP contribution is -2.52. The highest BCUT2D eigenvalue weighted by Gasteiger charge is 2.29. The van der Waals surface area contributed by atoms with Gasteiger partial charge >= 0.3 is 0 Å². The van der Waals surface area contributed by atoms with E-state index in [-0.39, 0.29) is 18.1 Å². The Bertz CT molecular complexity index is 203. The Morgan fingerprint density at radius 3 is 2.73 bits per heavy atom. The van der Waals surface area contributed by atoms with E-state index in [0.29, 0.717) is 6.04 Å². The van der Waals surface area contributed by atoms with Crippen LogP contribution in [0.5, 0.6) is 0 Å². The first-order valence-electron chi connectivity index (χ1n) is 5.85. The highest BCUT2D eigenvalue weighted by Crippen LogP contribution is 2.19. The van der Waals surface area contributed by atoms with Crippen LogP contribution in [0.4, 0.5) is 0 Å². The van der Waals surface area contributed by atoms with Crippen LogP contribution in [-0.2, 0) is 4.79 Å². The summed E-state index contributed by atoms with van der Waals surface area (Å²) in [5.41, 5.74) is 0. The molecule has 4 nitrogen and oxygen atoms in total. The summed E-state index contributed by atoms with van der Waals surface area (Å²) in [5.74, 6) is 0.0600. The van der Waals surface area contributed by atoms with Crippen molar-refractivity contribution in [2.45, 2.75) is 57.7 Å². The molecule has 0 saturated heterocycles. The van der Waals surface area contributed by atoms with Crippen molar-refractivity contribution in [1.82, 2.24) is 10.6 Å². The van der Waals surface area contributed by atoms with Crippen molar-refractivity contribution < 1.29 is 9.90 Å². The van der Waals surface area contributed by atoms with Gasteiger partial charge < -0.3 is 15.7 Å². The first-order valence-corrected chi connectivity index (χ1v) is 5.85. The van der Waals surface area contributed by atoms with Crippen molar-refractivity contribution in [3.63, 3.8) is 0 Å². The molecule has 0 aliphatic heterocycles. The van der Waals surface area contributed by atoms with E-state index in [2.05, 4.69) is 17.6 Å². The summed E-state index contributed by atoms with van der Waals surface area (Å²) >= 11 is 0. The number of hydrogen-bond donors (Lipinski definition) is 3. The summed E-state index contributed by atoms with van der Waals surface area (Å²) in [6.07, 6.45) is 3.49. The second kappa shape index (κ2) is 6.08. The number of rotatable bonds is 6. The van der Waals surface area contributed by atoms with Crippen LogP contribution in [0, 0.1) is 0 Å². The summed E-state index contributed by atoms with van der Waals surface area (Å²) in [6.45, 7) is 4.73. The van der Waals surface area contributed by atoms with Gasteiger partial charge in [-0.25, -0.2) is 0 Å². The quantitative estimate of drug-likeness (QED) is 0.561. The molecule has 0 bridgehead atoms. The van der Waals surface area contributed by atoms with Gasteiger partial charge in [0.1, 0.15) is 0 Å². The smallest absolute Gasteiger partial charge is 0.236 e. The average molecular weight is 214 g/mol. The largest absolute Gasteiger partial charge is 0.393 e. The minimum Gasteiger partial charge on any atom is -0.393 e. The van der Waals surface area contributed by atoms with Crippen LogP contribution in [0.2, 0.25) is 0 Å². The first-order chi connectivity index (χ1) is 7.13. The maximum absolute atomic E-state index is 11.5. The van der Waals surface area contributed by atoms with E-state index in [1.165, 1.54) is 0 Å². The Labute approximate surface area is 91.4 Å². The number of aliphatic hydroxyl groups is 1. The number of aliphatic hydroxyl groups excluding tert-OH is 1. The number of amides is 1. The summed E-state index contributed by atoms with van der Waals surface area (Å²) in [6, 6.07) is 0.159. The lowest BCUT2D eigenvalue weighted by atomic mass is 9.89. The van der Waals surface area contributed by atoms with Gasteiger partial charge in [0.25, 0.3) is 0 Å². The minimum absolute atomic E-state index is 0.0600. The van der Waals surface area contributed by atoms with Crippen molar-refractivity contribution in [2.75, 3.05) is 6.54 Å². The zero-order chi connectivity index (χ0) is 11.3. The number of nitrogens with one attached hydrogen (secondary N) is 2. The Morgan fingerprint density at radius 1 is 1.53 bits per heavy atom. The van der Waals surface area contributed by atoms with Gasteiger partial charge in [0.05, 0.1) is 12.1 Å². The van der Waals surface area contributed by atoms with E-state index in [0.717, 1.165) is 32.2 Å². The van der Waals surface area contributed by atoms with Gasteiger partial charge in [-0.3, -0.25) is 4.79 Å². The van der Waals surface area contributed by atoms with Crippen molar-refractivity contribution in [2.24, 2.45) is 0 Å². The van der Waals surface area contributed by atoms with Crippen molar-refractivity contribution in [3.05, 3.63) is 0 Å². The molecule has 1 aliphatic carbocycles. The lowest BCUT2D eigenvalue weighted by Gasteiger charge is -2.34. The predicted octanol–water partition coefficient (Wildman–Crippen LogP) is 0.404. The van der Waals surface area contributed by atoms with Crippen LogP contribution in [-0.4, -0.2) is 35.7 Å². The van der Waals surface area contributed by atoms with Gasteiger partial charge in [-0.1, -0.05) is 13.3 Å². The second-order valence-electron chi connectivity index (χ2n) is 4.36. The summed E-state index contributed by atoms with van der Waals surface area (Å²) in [7, 11) is 0. The number of hydrogen-bond acceptors (Lipinski definition) is 3. The molecule has 0 radical (unpaired) electrons.